The quantitative estimate of drug-likeness (QED) is 0.116. The summed E-state index contributed by atoms with van der Waals surface area (Å²) in [6.45, 7) is 11.4. The second kappa shape index (κ2) is 18.1. The molecule has 2 saturated heterocycles. The Morgan fingerprint density at radius 1 is 0.712 bits per heavy atom. The van der Waals surface area contributed by atoms with Gasteiger partial charge in [-0.3, -0.25) is 0 Å². The van der Waals surface area contributed by atoms with Crippen molar-refractivity contribution in [3.8, 4) is 0 Å². The zero-order valence-corrected chi connectivity index (χ0v) is 33.4. The van der Waals surface area contributed by atoms with E-state index < -0.39 is 72.9 Å². The largest absolute Gasteiger partial charge is 0.394 e. The van der Waals surface area contributed by atoms with Gasteiger partial charge in [-0.25, -0.2) is 0 Å². The molecule has 13 heteroatoms. The molecule has 0 aromatic heterocycles. The van der Waals surface area contributed by atoms with Gasteiger partial charge in [-0.05, 0) is 97.7 Å². The van der Waals surface area contributed by atoms with Gasteiger partial charge in [0.25, 0.3) is 0 Å². The molecule has 3 saturated carbocycles. The van der Waals surface area contributed by atoms with Crippen LogP contribution in [0, 0.1) is 46.3 Å². The van der Waals surface area contributed by atoms with Gasteiger partial charge in [0.2, 0.25) is 0 Å². The van der Waals surface area contributed by atoms with E-state index in [1.807, 2.05) is 0 Å². The average molecular weight is 777 g/mol. The van der Waals surface area contributed by atoms with Crippen LogP contribution in [0.5, 0.6) is 0 Å². The maximum atomic E-state index is 10.2. The summed E-state index contributed by atoms with van der Waals surface area (Å²) in [7, 11) is 1.72. The molecule has 0 unspecified atom stereocenters. The van der Waals surface area contributed by atoms with Crippen LogP contribution in [0.4, 0.5) is 0 Å². The predicted octanol–water partition coefficient (Wildman–Crippen LogP) is 3.36. The number of aliphatic hydroxyl groups is 9. The van der Waals surface area contributed by atoms with Gasteiger partial charge in [-0.15, -0.1) is 0 Å². The van der Waals surface area contributed by atoms with Gasteiger partial charge in [-0.1, -0.05) is 87.1 Å². The zero-order chi connectivity index (χ0) is 38.1. The molecule has 2 aliphatic heterocycles. The zero-order valence-electron chi connectivity index (χ0n) is 31.7. The molecule has 9 N–H and O–H groups in total. The predicted molar refractivity (Wildman–Crippen MR) is 202 cm³/mol. The molecule has 0 spiro atoms. The average Bonchev–Trinajstić information content (AvgIpc) is 3.48. The van der Waals surface area contributed by atoms with Crippen molar-refractivity contribution in [3.05, 3.63) is 11.6 Å². The molecule has 18 atom stereocenters. The fourth-order valence-corrected chi connectivity index (χ4v) is 13.8. The van der Waals surface area contributed by atoms with E-state index in [1.54, 1.807) is 5.57 Å². The monoisotopic (exact) mass is 776 g/mol. The summed E-state index contributed by atoms with van der Waals surface area (Å²) in [5.41, 5.74) is 0.516. The summed E-state index contributed by atoms with van der Waals surface area (Å²) in [6.07, 6.45) is 6.14. The van der Waals surface area contributed by atoms with Crippen LogP contribution in [-0.4, -0.2) is 125 Å². The molecule has 6 rings (SSSR count). The molecular weight excluding hydrogens is 709 g/mol. The first-order valence-corrected chi connectivity index (χ1v) is 22.2. The lowest BCUT2D eigenvalue weighted by molar-refractivity contribution is -0.206. The molecule has 2 heterocycles. The lowest BCUT2D eigenvalue weighted by atomic mass is 9.47. The third-order valence-corrected chi connectivity index (χ3v) is 17.0. The Kier molecular flexibility index (Phi) is 15.0. The van der Waals surface area contributed by atoms with Crippen molar-refractivity contribution in [3.63, 3.8) is 0 Å². The van der Waals surface area contributed by atoms with Crippen molar-refractivity contribution >= 4 is 21.6 Å². The van der Waals surface area contributed by atoms with E-state index in [2.05, 4.69) is 40.7 Å². The highest BCUT2D eigenvalue weighted by Crippen LogP contribution is 2.67. The first-order valence-electron chi connectivity index (χ1n) is 19.9. The van der Waals surface area contributed by atoms with Crippen molar-refractivity contribution in [1.29, 1.82) is 0 Å². The molecule has 0 aromatic carbocycles. The van der Waals surface area contributed by atoms with Gasteiger partial charge in [0, 0.05) is 0 Å². The first-order chi connectivity index (χ1) is 24.6. The lowest BCUT2D eigenvalue weighted by Gasteiger charge is -2.58. The van der Waals surface area contributed by atoms with E-state index in [9.17, 15) is 35.7 Å². The molecule has 4 aliphatic carbocycles. The van der Waals surface area contributed by atoms with Gasteiger partial charge in [-0.2, -0.15) is 0 Å². The van der Waals surface area contributed by atoms with E-state index in [0.29, 0.717) is 10.8 Å². The Bertz CT molecular complexity index is 1140. The molecule has 11 nitrogen and oxygen atoms in total. The van der Waals surface area contributed by atoms with Gasteiger partial charge in [0.15, 0.2) is 0 Å². The standard InChI is InChI=1S/C27H46O.C12H22O10S2/c1-18(2)7-6-8-19(3)23-11-12-24-22-10-9-20-17-21(28)13-15-26(20,4)25(22)14-16-27(23,24)5;13-1-3-5(15)7(17)9(19)11(21-3)23-24-12-10(20)8(18)6(16)4(2-14)22-12/h9,18-19,21-25,28H,6-8,10-17H2,1-5H3;3-20H,1-2H2/t19-,21+,22+,23-,24+,25+,26+,27-;3-,4-,5-,6-,7+,8+,9-,10-,11+,12+/m11/s1. The van der Waals surface area contributed by atoms with Crippen LogP contribution >= 0.6 is 21.6 Å². The van der Waals surface area contributed by atoms with E-state index >= 15 is 0 Å². The maximum Gasteiger partial charge on any atom is 0.142 e. The van der Waals surface area contributed by atoms with Gasteiger partial charge < -0.3 is 55.4 Å². The Labute approximate surface area is 318 Å². The van der Waals surface area contributed by atoms with E-state index in [1.165, 1.54) is 57.8 Å². The number of rotatable bonds is 10. The maximum absolute atomic E-state index is 10.2. The molecule has 0 radical (unpaired) electrons. The number of hydrogen-bond acceptors (Lipinski definition) is 13. The fourth-order valence-electron chi connectivity index (χ4n) is 11.1. The van der Waals surface area contributed by atoms with Crippen LogP contribution in [0.25, 0.3) is 0 Å². The highest BCUT2D eigenvalue weighted by molar-refractivity contribution is 8.77. The second-order valence-corrected chi connectivity index (χ2v) is 20.2. The first kappa shape index (κ1) is 43.1. The topological polar surface area (TPSA) is 201 Å². The van der Waals surface area contributed by atoms with Crippen molar-refractivity contribution < 1.29 is 55.4 Å². The molecule has 0 aromatic rings. The number of allylic oxidation sites excluding steroid dienone is 1. The smallest absolute Gasteiger partial charge is 0.142 e. The Morgan fingerprint density at radius 2 is 1.29 bits per heavy atom. The van der Waals surface area contributed by atoms with Gasteiger partial charge in [0.1, 0.15) is 59.7 Å². The highest BCUT2D eigenvalue weighted by Gasteiger charge is 2.59. The summed E-state index contributed by atoms with van der Waals surface area (Å²) in [5, 5.41) is 87.1. The van der Waals surface area contributed by atoms with Crippen LogP contribution in [-0.2, 0) is 9.47 Å². The van der Waals surface area contributed by atoms with Crippen molar-refractivity contribution in [1.82, 2.24) is 0 Å². The van der Waals surface area contributed by atoms with Crippen LogP contribution in [0.1, 0.15) is 105 Å². The summed E-state index contributed by atoms with van der Waals surface area (Å²) in [4.78, 5) is 0. The molecular formula is C39H68O11S2. The normalized spacial score (nSPS) is 48.1. The lowest BCUT2D eigenvalue weighted by Crippen LogP contribution is -2.58. The minimum Gasteiger partial charge on any atom is -0.394 e. The fraction of sp³-hybridized carbons (Fsp3) is 0.949. The number of fused-ring (bicyclic) bond motifs is 5. The van der Waals surface area contributed by atoms with Gasteiger partial charge in [0.05, 0.1) is 19.3 Å². The molecule has 5 fully saturated rings. The molecule has 0 amide bonds. The van der Waals surface area contributed by atoms with E-state index in [4.69, 9.17) is 19.7 Å². The van der Waals surface area contributed by atoms with Crippen LogP contribution in [0.15, 0.2) is 11.6 Å². The number of aliphatic hydroxyl groups excluding tert-OH is 9. The molecule has 52 heavy (non-hydrogen) atoms. The minimum atomic E-state index is -1.52. The molecule has 6 aliphatic rings. The summed E-state index contributed by atoms with van der Waals surface area (Å²) >= 11 is 0. The van der Waals surface area contributed by atoms with Crippen LogP contribution in [0.3, 0.4) is 0 Å². The van der Waals surface area contributed by atoms with Crippen LogP contribution in [0.2, 0.25) is 0 Å². The summed E-state index contributed by atoms with van der Waals surface area (Å²) in [6, 6.07) is 0. The second-order valence-electron chi connectivity index (χ2n) is 17.8. The molecule has 302 valence electrons. The Hall–Kier alpha value is -0.0000000000000000139. The minimum absolute atomic E-state index is 0.0766. The van der Waals surface area contributed by atoms with Crippen molar-refractivity contribution in [2.75, 3.05) is 13.2 Å². The van der Waals surface area contributed by atoms with Gasteiger partial charge >= 0.3 is 0 Å². The van der Waals surface area contributed by atoms with Crippen molar-refractivity contribution in [2.24, 2.45) is 46.3 Å². The van der Waals surface area contributed by atoms with Crippen LogP contribution < -0.4 is 0 Å². The van der Waals surface area contributed by atoms with E-state index in [0.717, 1.165) is 69.9 Å². The third-order valence-electron chi connectivity index (χ3n) is 14.2. The Balaban J connectivity index is 0.000000204. The summed E-state index contributed by atoms with van der Waals surface area (Å²) < 4.78 is 10.6. The molecule has 0 bridgehead atoms. The highest BCUT2D eigenvalue weighted by atomic mass is 33.1. The summed E-state index contributed by atoms with van der Waals surface area (Å²) in [5.74, 6) is 5.46. The third kappa shape index (κ3) is 8.77. The number of hydrogen-bond donors (Lipinski definition) is 9. The van der Waals surface area contributed by atoms with Crippen molar-refractivity contribution in [2.45, 2.75) is 171 Å². The SMILES string of the molecule is CC(C)CCC[C@@H](C)[C@H]1CC[C@H]2[C@@H]3CC=C4C[C@@H](O)CC[C@]4(C)[C@H]3CC[C@]12C.OC[C@H]1O[C@@H](SS[C@@H]2O[C@H](CO)[C@@H](O)[C@H](O)[C@H]2O)[C@H](O)[C@@H](O)[C@@H]1O. The Morgan fingerprint density at radius 3 is 1.83 bits per heavy atom. The number of ether oxygens (including phenoxy) is 2. The van der Waals surface area contributed by atoms with E-state index in [-0.39, 0.29) is 6.10 Å².